The van der Waals surface area contributed by atoms with Crippen molar-refractivity contribution in [2.45, 2.75) is 70.5 Å². The average molecular weight is 510 g/mol. The predicted molar refractivity (Wildman–Crippen MR) is 113 cm³/mol. The van der Waals surface area contributed by atoms with Crippen molar-refractivity contribution in [3.05, 3.63) is 53.1 Å². The second-order valence-electron chi connectivity index (χ2n) is 8.85. The summed E-state index contributed by atoms with van der Waals surface area (Å²) in [7, 11) is 0. The van der Waals surface area contributed by atoms with Crippen LogP contribution in [0, 0.1) is 29.2 Å². The van der Waals surface area contributed by atoms with Crippen LogP contribution in [-0.4, -0.2) is 18.6 Å². The summed E-state index contributed by atoms with van der Waals surface area (Å²) in [5.74, 6) is -9.93. The molecule has 2 aromatic carbocycles. The molecule has 3 rings (SSSR count). The van der Waals surface area contributed by atoms with Crippen LogP contribution in [0.4, 0.5) is 35.1 Å². The van der Waals surface area contributed by atoms with Crippen LogP contribution < -0.4 is 4.74 Å². The third-order valence-electron chi connectivity index (χ3n) is 6.13. The van der Waals surface area contributed by atoms with Crippen LogP contribution in [0.1, 0.15) is 57.9 Å². The summed E-state index contributed by atoms with van der Waals surface area (Å²) in [6.07, 6.45) is -4.08. The highest BCUT2D eigenvalue weighted by molar-refractivity contribution is 5.66. The van der Waals surface area contributed by atoms with Crippen LogP contribution in [0.3, 0.4) is 0 Å². The van der Waals surface area contributed by atoms with Crippen molar-refractivity contribution in [3.8, 4) is 16.9 Å². The molecule has 1 aliphatic carbocycles. The number of ether oxygens (including phenoxy) is 2. The van der Waals surface area contributed by atoms with Gasteiger partial charge in [-0.15, -0.1) is 0 Å². The standard InChI is InChI=1S/C25H26F8O2/c1-3-34-19-11-9-17(21(27)23(19)29)16-8-10-18(22(28)20(16)26)25(32,33)35-15-6-4-14(5-7-15)12-13-24(2,30)31/h8-11,14-15H,3-7,12-13H2,1-2H3. The van der Waals surface area contributed by atoms with Gasteiger partial charge < -0.3 is 9.47 Å². The molecule has 10 heteroatoms. The Kier molecular flexibility index (Phi) is 8.34. The monoisotopic (exact) mass is 510 g/mol. The summed E-state index contributed by atoms with van der Waals surface area (Å²) in [4.78, 5) is 0. The second kappa shape index (κ2) is 10.7. The molecule has 1 fully saturated rings. The van der Waals surface area contributed by atoms with Crippen molar-refractivity contribution >= 4 is 0 Å². The van der Waals surface area contributed by atoms with Gasteiger partial charge in [-0.2, -0.15) is 13.2 Å². The maximum Gasteiger partial charge on any atom is 0.386 e. The minimum atomic E-state index is -4.19. The molecule has 0 bridgehead atoms. The van der Waals surface area contributed by atoms with Gasteiger partial charge in [0.05, 0.1) is 18.3 Å². The summed E-state index contributed by atoms with van der Waals surface area (Å²) in [5.41, 5.74) is -2.78. The van der Waals surface area contributed by atoms with Crippen molar-refractivity contribution in [1.29, 1.82) is 0 Å². The van der Waals surface area contributed by atoms with E-state index in [-0.39, 0.29) is 38.2 Å². The SMILES string of the molecule is CCOc1ccc(-c2ccc(C(F)(F)OC3CCC(CCC(C)(F)F)CC3)c(F)c2F)c(F)c1F. The van der Waals surface area contributed by atoms with Gasteiger partial charge in [0.2, 0.25) is 11.7 Å². The van der Waals surface area contributed by atoms with Gasteiger partial charge >= 0.3 is 6.11 Å². The molecule has 0 N–H and O–H groups in total. The molecule has 0 saturated heterocycles. The van der Waals surface area contributed by atoms with Gasteiger partial charge in [-0.25, -0.2) is 22.0 Å². The maximum absolute atomic E-state index is 14.7. The van der Waals surface area contributed by atoms with E-state index in [1.807, 2.05) is 0 Å². The van der Waals surface area contributed by atoms with E-state index in [2.05, 4.69) is 0 Å². The molecule has 0 unspecified atom stereocenters. The third-order valence-corrected chi connectivity index (χ3v) is 6.13. The van der Waals surface area contributed by atoms with Crippen molar-refractivity contribution in [2.75, 3.05) is 6.61 Å². The van der Waals surface area contributed by atoms with Crippen molar-refractivity contribution in [1.82, 2.24) is 0 Å². The zero-order chi connectivity index (χ0) is 26.0. The van der Waals surface area contributed by atoms with Crippen LogP contribution >= 0.6 is 0 Å². The van der Waals surface area contributed by atoms with Gasteiger partial charge in [0.15, 0.2) is 23.2 Å². The van der Waals surface area contributed by atoms with E-state index >= 15 is 0 Å². The number of hydrogen-bond acceptors (Lipinski definition) is 2. The van der Waals surface area contributed by atoms with Gasteiger partial charge in [0.1, 0.15) is 0 Å². The smallest absolute Gasteiger partial charge is 0.386 e. The molecule has 0 spiro atoms. The Bertz CT molecular complexity index is 1030. The Morgan fingerprint density at radius 2 is 1.37 bits per heavy atom. The van der Waals surface area contributed by atoms with Gasteiger partial charge in [-0.1, -0.05) is 6.07 Å². The Morgan fingerprint density at radius 1 is 0.800 bits per heavy atom. The first-order chi connectivity index (χ1) is 16.3. The van der Waals surface area contributed by atoms with E-state index in [1.165, 1.54) is 0 Å². The van der Waals surface area contributed by atoms with Gasteiger partial charge in [0, 0.05) is 17.5 Å². The highest BCUT2D eigenvalue weighted by Crippen LogP contribution is 2.41. The largest absolute Gasteiger partial charge is 0.491 e. The quantitative estimate of drug-likeness (QED) is 0.316. The molecule has 0 atom stereocenters. The van der Waals surface area contributed by atoms with Gasteiger partial charge in [-0.05, 0) is 70.1 Å². The van der Waals surface area contributed by atoms with Crippen LogP contribution in [0.25, 0.3) is 11.1 Å². The normalized spacial score (nSPS) is 19.1. The lowest BCUT2D eigenvalue weighted by molar-refractivity contribution is -0.279. The minimum absolute atomic E-state index is 0.0405. The molecule has 35 heavy (non-hydrogen) atoms. The van der Waals surface area contributed by atoms with E-state index in [4.69, 9.17) is 9.47 Å². The van der Waals surface area contributed by atoms with Crippen molar-refractivity contribution < 1.29 is 44.6 Å². The highest BCUT2D eigenvalue weighted by atomic mass is 19.3. The molecule has 194 valence electrons. The van der Waals surface area contributed by atoms with E-state index in [0.717, 1.165) is 25.1 Å². The molecule has 0 radical (unpaired) electrons. The molecule has 0 amide bonds. The Hall–Kier alpha value is -2.36. The minimum Gasteiger partial charge on any atom is -0.491 e. The van der Waals surface area contributed by atoms with Crippen molar-refractivity contribution in [2.24, 2.45) is 5.92 Å². The predicted octanol–water partition coefficient (Wildman–Crippen LogP) is 8.37. The fourth-order valence-corrected chi connectivity index (χ4v) is 4.26. The highest BCUT2D eigenvalue weighted by Gasteiger charge is 2.41. The maximum atomic E-state index is 14.7. The fraction of sp³-hybridized carbons (Fsp3) is 0.520. The van der Waals surface area contributed by atoms with E-state index in [1.54, 1.807) is 6.92 Å². The number of rotatable bonds is 9. The van der Waals surface area contributed by atoms with Gasteiger partial charge in [0.25, 0.3) is 0 Å². The molecular weight excluding hydrogens is 484 g/mol. The number of halogens is 8. The van der Waals surface area contributed by atoms with Crippen LogP contribution in [0.15, 0.2) is 24.3 Å². The van der Waals surface area contributed by atoms with Crippen molar-refractivity contribution in [3.63, 3.8) is 0 Å². The summed E-state index contributed by atoms with van der Waals surface area (Å²) in [6.45, 7) is 2.40. The topological polar surface area (TPSA) is 18.5 Å². The van der Waals surface area contributed by atoms with Crippen LogP contribution in [0.5, 0.6) is 5.75 Å². The first-order valence-electron chi connectivity index (χ1n) is 11.4. The zero-order valence-electron chi connectivity index (χ0n) is 19.3. The van der Waals surface area contributed by atoms with E-state index in [9.17, 15) is 35.1 Å². The van der Waals surface area contributed by atoms with Gasteiger partial charge in [-0.3, -0.25) is 0 Å². The molecule has 0 aliphatic heterocycles. The molecular formula is C25H26F8O2. The first-order valence-corrected chi connectivity index (χ1v) is 11.4. The second-order valence-corrected chi connectivity index (χ2v) is 8.85. The lowest BCUT2D eigenvalue weighted by Gasteiger charge is -2.31. The Balaban J connectivity index is 1.74. The van der Waals surface area contributed by atoms with Crippen LogP contribution in [0.2, 0.25) is 0 Å². The molecule has 2 nitrogen and oxygen atoms in total. The molecule has 0 aromatic heterocycles. The summed E-state index contributed by atoms with van der Waals surface area (Å²) in [6, 6.07) is 3.28. The summed E-state index contributed by atoms with van der Waals surface area (Å²) >= 11 is 0. The first kappa shape index (κ1) is 27.2. The zero-order valence-corrected chi connectivity index (χ0v) is 19.3. The lowest BCUT2D eigenvalue weighted by Crippen LogP contribution is -2.31. The summed E-state index contributed by atoms with van der Waals surface area (Å²) in [5, 5.41) is 0. The number of alkyl halides is 4. The fourth-order valence-electron chi connectivity index (χ4n) is 4.26. The summed E-state index contributed by atoms with van der Waals surface area (Å²) < 4.78 is 123. The van der Waals surface area contributed by atoms with E-state index < -0.39 is 63.8 Å². The average Bonchev–Trinajstić information content (AvgIpc) is 2.78. The molecule has 1 aliphatic rings. The molecule has 0 heterocycles. The third kappa shape index (κ3) is 6.45. The van der Waals surface area contributed by atoms with E-state index in [0.29, 0.717) is 18.9 Å². The molecule has 2 aromatic rings. The Morgan fingerprint density at radius 3 is 1.94 bits per heavy atom. The lowest BCUT2D eigenvalue weighted by atomic mass is 9.84. The molecule has 1 saturated carbocycles. The Labute approximate surface area is 198 Å². The van der Waals surface area contributed by atoms with Crippen LogP contribution in [-0.2, 0) is 10.8 Å². The number of benzene rings is 2. The number of hydrogen-bond donors (Lipinski definition) is 0.